The predicted molar refractivity (Wildman–Crippen MR) is 126 cm³/mol. The van der Waals surface area contributed by atoms with E-state index in [-0.39, 0.29) is 5.69 Å². The molecule has 7 nitrogen and oxygen atoms in total. The van der Waals surface area contributed by atoms with Crippen LogP contribution in [0.2, 0.25) is 0 Å². The maximum Gasteiger partial charge on any atom is 0.269 e. The maximum atomic E-state index is 11.0. The lowest BCUT2D eigenvalue weighted by atomic mass is 10.1. The number of rotatable bonds is 7. The van der Waals surface area contributed by atoms with E-state index in [1.165, 1.54) is 23.5 Å². The Morgan fingerprint density at radius 1 is 0.938 bits per heavy atom. The van der Waals surface area contributed by atoms with Crippen molar-refractivity contribution in [3.63, 3.8) is 0 Å². The number of hydrogen-bond donors (Lipinski definition) is 0. The molecule has 0 saturated heterocycles. The van der Waals surface area contributed by atoms with Gasteiger partial charge >= 0.3 is 0 Å². The fourth-order valence-corrected chi connectivity index (χ4v) is 4.09. The van der Waals surface area contributed by atoms with Crippen molar-refractivity contribution in [2.45, 2.75) is 0 Å². The number of benzene rings is 3. The van der Waals surface area contributed by atoms with Crippen LogP contribution in [0.1, 0.15) is 5.56 Å². The van der Waals surface area contributed by atoms with E-state index in [1.54, 1.807) is 32.6 Å². The third-order valence-electron chi connectivity index (χ3n) is 4.74. The molecule has 0 saturated carbocycles. The quantitative estimate of drug-likeness (QED) is 0.193. The summed E-state index contributed by atoms with van der Waals surface area (Å²) in [5.41, 5.74) is 3.47. The van der Waals surface area contributed by atoms with Crippen LogP contribution in [0.15, 0.2) is 77.8 Å². The molecule has 0 aliphatic rings. The molecule has 32 heavy (non-hydrogen) atoms. The molecule has 160 valence electrons. The summed E-state index contributed by atoms with van der Waals surface area (Å²) in [7, 11) is 3.17. The second-order valence-corrected chi connectivity index (χ2v) is 7.69. The Morgan fingerprint density at radius 2 is 1.66 bits per heavy atom. The van der Waals surface area contributed by atoms with Crippen LogP contribution >= 0.6 is 11.3 Å². The number of aliphatic imine (C=N–C) groups is 1. The average molecular weight is 446 g/mol. The smallest absolute Gasteiger partial charge is 0.269 e. The van der Waals surface area contributed by atoms with Crippen molar-refractivity contribution in [3.8, 4) is 33.2 Å². The first-order valence-corrected chi connectivity index (χ1v) is 10.5. The molecule has 0 fully saturated rings. The average Bonchev–Trinajstić information content (AvgIpc) is 3.27. The highest BCUT2D eigenvalue weighted by Gasteiger charge is 2.16. The van der Waals surface area contributed by atoms with Crippen LogP contribution in [0.3, 0.4) is 0 Å². The summed E-state index contributed by atoms with van der Waals surface area (Å²) in [6, 6.07) is 21.8. The summed E-state index contributed by atoms with van der Waals surface area (Å²) in [5.74, 6) is 1.26. The zero-order chi connectivity index (χ0) is 22.5. The zero-order valence-corrected chi connectivity index (χ0v) is 18.2. The molecule has 0 radical (unpaired) electrons. The minimum atomic E-state index is -0.409. The van der Waals surface area contributed by atoms with E-state index in [0.29, 0.717) is 16.6 Å². The summed E-state index contributed by atoms with van der Waals surface area (Å²) in [4.78, 5) is 20.8. The number of aromatic nitrogens is 1. The first-order chi connectivity index (χ1) is 15.6. The standard InChI is InChI=1S/C24H19N3O4S/c1-30-20-13-8-16(14-21(20)31-2)15-25-24-26-22(17-6-4-3-5-7-17)23(32-24)18-9-11-19(12-10-18)27(28)29/h3-15H,1-2H3. The molecule has 1 aromatic heterocycles. The fraction of sp³-hybridized carbons (Fsp3) is 0.0833. The van der Waals surface area contributed by atoms with Crippen LogP contribution in [-0.2, 0) is 0 Å². The summed E-state index contributed by atoms with van der Waals surface area (Å²) in [5, 5.41) is 11.6. The van der Waals surface area contributed by atoms with Gasteiger partial charge in [-0.15, -0.1) is 0 Å². The second kappa shape index (κ2) is 9.40. The Labute approximate surface area is 188 Å². The Balaban J connectivity index is 1.72. The number of nitro benzene ring substituents is 1. The topological polar surface area (TPSA) is 86.9 Å². The lowest BCUT2D eigenvalue weighted by Gasteiger charge is -2.07. The predicted octanol–water partition coefficient (Wildman–Crippen LogP) is 6.15. The van der Waals surface area contributed by atoms with Crippen molar-refractivity contribution in [1.82, 2.24) is 4.98 Å². The molecule has 1 heterocycles. The van der Waals surface area contributed by atoms with Crippen LogP contribution in [0.4, 0.5) is 10.8 Å². The van der Waals surface area contributed by atoms with E-state index in [2.05, 4.69) is 4.99 Å². The monoisotopic (exact) mass is 445 g/mol. The van der Waals surface area contributed by atoms with Crippen molar-refractivity contribution < 1.29 is 14.4 Å². The third-order valence-corrected chi connectivity index (χ3v) is 5.75. The van der Waals surface area contributed by atoms with Gasteiger partial charge in [0.05, 0.1) is 29.7 Å². The third kappa shape index (κ3) is 4.50. The number of hydrogen-bond acceptors (Lipinski definition) is 7. The molecule has 3 aromatic carbocycles. The number of nitro groups is 1. The second-order valence-electron chi connectivity index (χ2n) is 6.72. The minimum Gasteiger partial charge on any atom is -0.493 e. The molecule has 0 atom stereocenters. The van der Waals surface area contributed by atoms with Gasteiger partial charge in [-0.1, -0.05) is 41.7 Å². The lowest BCUT2D eigenvalue weighted by Crippen LogP contribution is -1.91. The molecule has 0 bridgehead atoms. The Hall–Kier alpha value is -4.04. The normalized spacial score (nSPS) is 10.9. The minimum absolute atomic E-state index is 0.0474. The SMILES string of the molecule is COc1ccc(C=Nc2nc(-c3ccccc3)c(-c3ccc([N+](=O)[O-])cc3)s2)cc1OC. The largest absolute Gasteiger partial charge is 0.493 e. The van der Waals surface area contributed by atoms with Gasteiger partial charge in [0.25, 0.3) is 5.69 Å². The first kappa shape index (κ1) is 21.2. The van der Waals surface area contributed by atoms with Crippen molar-refractivity contribution in [1.29, 1.82) is 0 Å². The van der Waals surface area contributed by atoms with Gasteiger partial charge in [-0.25, -0.2) is 9.98 Å². The summed E-state index contributed by atoms with van der Waals surface area (Å²) < 4.78 is 10.6. The lowest BCUT2D eigenvalue weighted by molar-refractivity contribution is -0.384. The van der Waals surface area contributed by atoms with E-state index in [0.717, 1.165) is 27.3 Å². The fourth-order valence-electron chi connectivity index (χ4n) is 3.15. The number of ether oxygens (including phenoxy) is 2. The summed E-state index contributed by atoms with van der Waals surface area (Å²) in [6.45, 7) is 0. The molecule has 0 amide bonds. The van der Waals surface area contributed by atoms with Gasteiger partial charge in [-0.05, 0) is 41.5 Å². The number of methoxy groups -OCH3 is 2. The van der Waals surface area contributed by atoms with Crippen molar-refractivity contribution in [2.75, 3.05) is 14.2 Å². The van der Waals surface area contributed by atoms with Gasteiger partial charge in [0.2, 0.25) is 5.13 Å². The molecule has 0 N–H and O–H groups in total. The molecular weight excluding hydrogens is 426 g/mol. The molecular formula is C24H19N3O4S. The van der Waals surface area contributed by atoms with Gasteiger partial charge in [-0.2, -0.15) is 0 Å². The van der Waals surface area contributed by atoms with Gasteiger partial charge in [-0.3, -0.25) is 10.1 Å². The molecule has 8 heteroatoms. The van der Waals surface area contributed by atoms with Crippen LogP contribution in [-0.4, -0.2) is 30.3 Å². The number of thiazole rings is 1. The van der Waals surface area contributed by atoms with E-state index in [1.807, 2.05) is 48.5 Å². The maximum absolute atomic E-state index is 11.0. The molecule has 4 rings (SSSR count). The zero-order valence-electron chi connectivity index (χ0n) is 17.4. The molecule has 0 aliphatic heterocycles. The van der Waals surface area contributed by atoms with E-state index < -0.39 is 4.92 Å². The molecule has 0 aliphatic carbocycles. The highest BCUT2D eigenvalue weighted by atomic mass is 32.1. The van der Waals surface area contributed by atoms with Crippen molar-refractivity contribution >= 4 is 28.4 Å². The van der Waals surface area contributed by atoms with Crippen LogP contribution < -0.4 is 9.47 Å². The Morgan fingerprint density at radius 3 is 2.31 bits per heavy atom. The van der Waals surface area contributed by atoms with E-state index >= 15 is 0 Å². The summed E-state index contributed by atoms with van der Waals surface area (Å²) >= 11 is 1.42. The van der Waals surface area contributed by atoms with E-state index in [4.69, 9.17) is 14.5 Å². The van der Waals surface area contributed by atoms with Gasteiger partial charge in [0.1, 0.15) is 0 Å². The van der Waals surface area contributed by atoms with Gasteiger partial charge in [0.15, 0.2) is 11.5 Å². The van der Waals surface area contributed by atoms with Crippen LogP contribution in [0, 0.1) is 10.1 Å². The molecule has 0 spiro atoms. The summed E-state index contributed by atoms with van der Waals surface area (Å²) in [6.07, 6.45) is 1.72. The first-order valence-electron chi connectivity index (χ1n) is 9.66. The van der Waals surface area contributed by atoms with Crippen LogP contribution in [0.25, 0.3) is 21.7 Å². The molecule has 4 aromatic rings. The highest BCUT2D eigenvalue weighted by Crippen LogP contribution is 2.40. The number of non-ortho nitro benzene ring substituents is 1. The van der Waals surface area contributed by atoms with Gasteiger partial charge in [0, 0.05) is 23.9 Å². The number of nitrogens with zero attached hydrogens (tertiary/aromatic N) is 3. The van der Waals surface area contributed by atoms with Gasteiger partial charge < -0.3 is 9.47 Å². The highest BCUT2D eigenvalue weighted by molar-refractivity contribution is 7.19. The van der Waals surface area contributed by atoms with Crippen molar-refractivity contribution in [2.24, 2.45) is 4.99 Å². The molecule has 0 unspecified atom stereocenters. The van der Waals surface area contributed by atoms with E-state index in [9.17, 15) is 10.1 Å². The Kier molecular flexibility index (Phi) is 6.23. The van der Waals surface area contributed by atoms with Crippen LogP contribution in [0.5, 0.6) is 11.5 Å². The van der Waals surface area contributed by atoms with Crippen molar-refractivity contribution in [3.05, 3.63) is 88.5 Å². The Bertz CT molecular complexity index is 1270.